The molecule has 0 spiro atoms. The Balaban J connectivity index is 1.98. The fourth-order valence-electron chi connectivity index (χ4n) is 2.26. The Bertz CT molecular complexity index is 506. The van der Waals surface area contributed by atoms with Crippen LogP contribution in [0.2, 0.25) is 0 Å². The minimum absolute atomic E-state index is 0.176. The van der Waals surface area contributed by atoms with Crippen LogP contribution in [0.25, 0.3) is 0 Å². The molecule has 0 aromatic heterocycles. The molecule has 0 radical (unpaired) electrons. The maximum absolute atomic E-state index is 11.9. The van der Waals surface area contributed by atoms with E-state index in [0.29, 0.717) is 12.1 Å². The predicted octanol–water partition coefficient (Wildman–Crippen LogP) is 0.813. The van der Waals surface area contributed by atoms with Gasteiger partial charge in [-0.15, -0.1) is 0 Å². The van der Waals surface area contributed by atoms with Crippen molar-refractivity contribution in [3.8, 4) is 0 Å². The van der Waals surface area contributed by atoms with E-state index in [-0.39, 0.29) is 11.5 Å². The molecule has 7 nitrogen and oxygen atoms in total. The second-order valence-electron chi connectivity index (χ2n) is 5.84. The van der Waals surface area contributed by atoms with Gasteiger partial charge in [0.05, 0.1) is 5.56 Å². The lowest BCUT2D eigenvalue weighted by atomic mass is 10.1. The van der Waals surface area contributed by atoms with Crippen molar-refractivity contribution in [2.75, 3.05) is 39.3 Å². The van der Waals surface area contributed by atoms with Gasteiger partial charge in [-0.2, -0.15) is 0 Å². The number of carbonyl (C=O) groups excluding carboxylic acids is 1. The molecule has 0 unspecified atom stereocenters. The lowest BCUT2D eigenvalue weighted by Crippen LogP contribution is -2.28. The Hall–Kier alpha value is -1.96. The van der Waals surface area contributed by atoms with E-state index in [4.69, 9.17) is 10.8 Å². The third kappa shape index (κ3) is 9.81. The molecule has 0 heterocycles. The third-order valence-corrected chi connectivity index (χ3v) is 3.72. The second-order valence-corrected chi connectivity index (χ2v) is 5.84. The largest absolute Gasteiger partial charge is 0.478 e. The van der Waals surface area contributed by atoms with Gasteiger partial charge in [-0.05, 0) is 82.7 Å². The number of rotatable bonds is 14. The van der Waals surface area contributed by atoms with Crippen LogP contribution in [0.15, 0.2) is 24.3 Å². The number of benzene rings is 1. The summed E-state index contributed by atoms with van der Waals surface area (Å²) in [5.41, 5.74) is 6.07. The summed E-state index contributed by atoms with van der Waals surface area (Å²) < 4.78 is 0. The minimum atomic E-state index is -0.996. The zero-order valence-electron chi connectivity index (χ0n) is 14.7. The van der Waals surface area contributed by atoms with E-state index in [1.165, 1.54) is 24.3 Å². The average Bonchev–Trinajstić information content (AvgIpc) is 2.62. The molecule has 0 aliphatic carbocycles. The molecule has 0 saturated carbocycles. The summed E-state index contributed by atoms with van der Waals surface area (Å²) in [6.45, 7) is 5.18. The van der Waals surface area contributed by atoms with Crippen LogP contribution >= 0.6 is 0 Å². The number of unbranched alkanes of at least 4 members (excludes halogenated alkanes) is 1. The van der Waals surface area contributed by atoms with Crippen LogP contribution in [0.5, 0.6) is 0 Å². The number of nitrogens with two attached hydrogens (primary N) is 1. The fourth-order valence-corrected chi connectivity index (χ4v) is 2.26. The predicted molar refractivity (Wildman–Crippen MR) is 99.0 cm³/mol. The van der Waals surface area contributed by atoms with E-state index in [9.17, 15) is 9.59 Å². The zero-order chi connectivity index (χ0) is 18.3. The maximum Gasteiger partial charge on any atom is 0.335 e. The number of nitrogens with one attached hydrogen (secondary N) is 3. The summed E-state index contributed by atoms with van der Waals surface area (Å²) in [5, 5.41) is 18.4. The Labute approximate surface area is 149 Å². The van der Waals surface area contributed by atoms with Gasteiger partial charge >= 0.3 is 5.97 Å². The quantitative estimate of drug-likeness (QED) is 0.317. The highest BCUT2D eigenvalue weighted by atomic mass is 16.4. The molecular weight excluding hydrogens is 320 g/mol. The van der Waals surface area contributed by atoms with Gasteiger partial charge in [-0.3, -0.25) is 4.79 Å². The first kappa shape index (κ1) is 21.1. The van der Waals surface area contributed by atoms with Gasteiger partial charge in [0, 0.05) is 12.1 Å². The van der Waals surface area contributed by atoms with E-state index in [2.05, 4.69) is 16.0 Å². The van der Waals surface area contributed by atoms with Crippen LogP contribution in [-0.2, 0) is 0 Å². The maximum atomic E-state index is 11.9. The van der Waals surface area contributed by atoms with Gasteiger partial charge in [-0.25, -0.2) is 4.79 Å². The highest BCUT2D eigenvalue weighted by molar-refractivity contribution is 5.95. The van der Waals surface area contributed by atoms with Gasteiger partial charge in [0.15, 0.2) is 0 Å². The topological polar surface area (TPSA) is 116 Å². The molecular formula is C18H30N4O3. The summed E-state index contributed by atoms with van der Waals surface area (Å²) in [7, 11) is 0. The fraction of sp³-hybridized carbons (Fsp3) is 0.556. The molecule has 0 aliphatic rings. The van der Waals surface area contributed by atoms with Gasteiger partial charge in [0.25, 0.3) is 5.91 Å². The van der Waals surface area contributed by atoms with E-state index < -0.39 is 5.97 Å². The van der Waals surface area contributed by atoms with Gasteiger partial charge in [-0.1, -0.05) is 0 Å². The van der Waals surface area contributed by atoms with E-state index in [1.807, 2.05) is 0 Å². The van der Waals surface area contributed by atoms with Crippen LogP contribution in [-0.4, -0.2) is 56.3 Å². The number of hydrogen-bond acceptors (Lipinski definition) is 5. The molecule has 6 N–H and O–H groups in total. The Morgan fingerprint density at radius 2 is 1.32 bits per heavy atom. The molecule has 25 heavy (non-hydrogen) atoms. The van der Waals surface area contributed by atoms with Crippen LogP contribution in [0.1, 0.15) is 46.4 Å². The van der Waals surface area contributed by atoms with Crippen molar-refractivity contribution < 1.29 is 14.7 Å². The van der Waals surface area contributed by atoms with Crippen molar-refractivity contribution in [2.24, 2.45) is 5.73 Å². The first-order valence-electron chi connectivity index (χ1n) is 8.88. The van der Waals surface area contributed by atoms with Crippen LogP contribution in [0, 0.1) is 0 Å². The first-order chi connectivity index (χ1) is 12.1. The molecule has 1 rings (SSSR count). The average molecular weight is 350 g/mol. The van der Waals surface area contributed by atoms with Gasteiger partial charge < -0.3 is 26.8 Å². The Morgan fingerprint density at radius 1 is 0.800 bits per heavy atom. The van der Waals surface area contributed by atoms with Gasteiger partial charge in [0.1, 0.15) is 0 Å². The lowest BCUT2D eigenvalue weighted by Gasteiger charge is -2.07. The normalized spacial score (nSPS) is 10.6. The monoisotopic (exact) mass is 350 g/mol. The van der Waals surface area contributed by atoms with E-state index in [0.717, 1.165) is 58.4 Å². The lowest BCUT2D eigenvalue weighted by molar-refractivity contribution is 0.0696. The van der Waals surface area contributed by atoms with Crippen LogP contribution in [0.3, 0.4) is 0 Å². The number of carboxylic acid groups (broad SMARTS) is 1. The highest BCUT2D eigenvalue weighted by Gasteiger charge is 2.07. The number of amides is 1. The number of hydrogen-bond donors (Lipinski definition) is 5. The van der Waals surface area contributed by atoms with Crippen molar-refractivity contribution >= 4 is 11.9 Å². The van der Waals surface area contributed by atoms with Crippen molar-refractivity contribution in [3.63, 3.8) is 0 Å². The molecule has 0 atom stereocenters. The van der Waals surface area contributed by atoms with Crippen molar-refractivity contribution in [2.45, 2.75) is 25.7 Å². The number of aromatic carboxylic acids is 1. The van der Waals surface area contributed by atoms with Crippen molar-refractivity contribution in [3.05, 3.63) is 35.4 Å². The van der Waals surface area contributed by atoms with Gasteiger partial charge in [0.2, 0.25) is 0 Å². The molecule has 1 aromatic rings. The van der Waals surface area contributed by atoms with Crippen molar-refractivity contribution in [1.82, 2.24) is 16.0 Å². The molecule has 1 amide bonds. The standard InChI is InChI=1S/C18H30N4O3/c19-9-3-12-20-10-1-2-11-21-13-4-14-22-17(23)15-5-7-16(8-6-15)18(24)25/h5-8,20-21H,1-4,9-14,19H2,(H,22,23)(H,24,25). The summed E-state index contributed by atoms with van der Waals surface area (Å²) in [6.07, 6.45) is 4.14. The summed E-state index contributed by atoms with van der Waals surface area (Å²) >= 11 is 0. The number of carboxylic acids is 1. The van der Waals surface area contributed by atoms with Crippen LogP contribution < -0.4 is 21.7 Å². The van der Waals surface area contributed by atoms with Crippen molar-refractivity contribution in [1.29, 1.82) is 0 Å². The summed E-state index contributed by atoms with van der Waals surface area (Å²) in [6, 6.07) is 5.92. The van der Waals surface area contributed by atoms with Crippen LogP contribution in [0.4, 0.5) is 0 Å². The minimum Gasteiger partial charge on any atom is -0.478 e. The summed E-state index contributed by atoms with van der Waals surface area (Å²) in [5.74, 6) is -1.18. The third-order valence-electron chi connectivity index (χ3n) is 3.72. The molecule has 0 saturated heterocycles. The Kier molecular flexibility index (Phi) is 11.3. The van der Waals surface area contributed by atoms with E-state index >= 15 is 0 Å². The SMILES string of the molecule is NCCCNCCCCNCCCNC(=O)c1ccc(C(=O)O)cc1. The Morgan fingerprint density at radius 3 is 1.88 bits per heavy atom. The molecule has 0 fully saturated rings. The zero-order valence-corrected chi connectivity index (χ0v) is 14.7. The van der Waals surface area contributed by atoms with E-state index in [1.54, 1.807) is 0 Å². The highest BCUT2D eigenvalue weighted by Crippen LogP contribution is 2.04. The smallest absolute Gasteiger partial charge is 0.335 e. The molecule has 1 aromatic carbocycles. The summed E-state index contributed by atoms with van der Waals surface area (Å²) in [4.78, 5) is 22.7. The first-order valence-corrected chi connectivity index (χ1v) is 8.88. The molecule has 0 aliphatic heterocycles. The molecule has 140 valence electrons. The molecule has 0 bridgehead atoms. The number of carbonyl (C=O) groups is 2. The second kappa shape index (κ2) is 13.3. The molecule has 7 heteroatoms.